The molecule has 1 unspecified atom stereocenters. The van der Waals surface area contributed by atoms with Gasteiger partial charge in [-0.2, -0.15) is 8.42 Å². The first kappa shape index (κ1) is 32.5. The van der Waals surface area contributed by atoms with Crippen molar-refractivity contribution in [1.82, 2.24) is 20.0 Å². The maximum Gasteiger partial charge on any atom is 0.297 e. The highest BCUT2D eigenvalue weighted by Gasteiger charge is 2.39. The van der Waals surface area contributed by atoms with E-state index < -0.39 is 22.1 Å². The third-order valence-electron chi connectivity index (χ3n) is 7.81. The van der Waals surface area contributed by atoms with Crippen molar-refractivity contribution in [2.75, 3.05) is 65.2 Å². The van der Waals surface area contributed by atoms with Crippen molar-refractivity contribution >= 4 is 39.6 Å². The van der Waals surface area contributed by atoms with E-state index in [1.807, 2.05) is 19.1 Å². The van der Waals surface area contributed by atoms with Crippen molar-refractivity contribution in [3.05, 3.63) is 59.2 Å². The number of benzene rings is 2. The number of carbonyl (C=O) groups is 3. The van der Waals surface area contributed by atoms with Gasteiger partial charge in [-0.25, -0.2) is 0 Å². The zero-order chi connectivity index (χ0) is 31.1. The quantitative estimate of drug-likeness (QED) is 0.139. The molecule has 0 spiro atoms. The molecule has 44 heavy (non-hydrogen) atoms. The van der Waals surface area contributed by atoms with Gasteiger partial charge in [-0.15, -0.1) is 11.8 Å². The Hall–Kier alpha value is -2.85. The topological polar surface area (TPSA) is 135 Å². The van der Waals surface area contributed by atoms with Crippen LogP contribution in [0.25, 0.3) is 0 Å². The lowest BCUT2D eigenvalue weighted by Crippen LogP contribution is -2.52. The van der Waals surface area contributed by atoms with Crippen LogP contribution in [-0.2, 0) is 39.9 Å². The van der Waals surface area contributed by atoms with E-state index in [0.29, 0.717) is 38.6 Å². The molecule has 14 heteroatoms. The maximum atomic E-state index is 13.0. The first-order chi connectivity index (χ1) is 21.2. The van der Waals surface area contributed by atoms with E-state index in [1.54, 1.807) is 34.9 Å². The van der Waals surface area contributed by atoms with Crippen LogP contribution in [0.4, 0.5) is 0 Å². The highest BCUT2D eigenvalue weighted by Crippen LogP contribution is 2.34. The summed E-state index contributed by atoms with van der Waals surface area (Å²) in [6.45, 7) is 7.16. The Balaban J connectivity index is 0.945. The average molecular weight is 647 g/mol. The summed E-state index contributed by atoms with van der Waals surface area (Å²) in [6.07, 6.45) is 0.579. The number of fused-ring (bicyclic) bond motifs is 1. The summed E-state index contributed by atoms with van der Waals surface area (Å²) in [5, 5.41) is 2.34. The second-order valence-corrected chi connectivity index (χ2v) is 13.7. The first-order valence-corrected chi connectivity index (χ1v) is 17.1. The molecule has 0 radical (unpaired) electrons. The van der Waals surface area contributed by atoms with Crippen LogP contribution in [0, 0.1) is 6.92 Å². The summed E-state index contributed by atoms with van der Waals surface area (Å²) < 4.78 is 41.1. The molecule has 12 nitrogen and oxygen atoms in total. The van der Waals surface area contributed by atoms with E-state index in [4.69, 9.17) is 13.7 Å². The number of thioether (sulfide) groups is 1. The molecule has 2 saturated heterocycles. The van der Waals surface area contributed by atoms with Crippen molar-refractivity contribution in [1.29, 1.82) is 0 Å². The van der Waals surface area contributed by atoms with E-state index >= 15 is 0 Å². The highest BCUT2D eigenvalue weighted by atomic mass is 32.2. The number of carbonyl (C=O) groups excluding carboxylic acids is 3. The molecule has 2 fully saturated rings. The Labute approximate surface area is 262 Å². The predicted molar refractivity (Wildman–Crippen MR) is 162 cm³/mol. The Bertz CT molecular complexity index is 1450. The molecule has 5 rings (SSSR count). The zero-order valence-corrected chi connectivity index (χ0v) is 26.4. The van der Waals surface area contributed by atoms with Gasteiger partial charge in [-0.3, -0.25) is 33.7 Å². The largest absolute Gasteiger partial charge is 0.365 e. The van der Waals surface area contributed by atoms with Crippen LogP contribution in [0.3, 0.4) is 0 Å². The van der Waals surface area contributed by atoms with Gasteiger partial charge in [0.1, 0.15) is 6.04 Å². The molecule has 3 aliphatic rings. The number of piperazine rings is 1. The van der Waals surface area contributed by atoms with E-state index in [0.717, 1.165) is 48.0 Å². The standard InChI is InChI=1S/C30H38N4O8S2/c1-22-5-7-23(8-6-22)44(38,39)42-16-15-40-20-32-11-13-33(14-12-32)21-41-17-18-43-27-4-2-3-24-25(27)19-34(30(24)37)26-9-10-28(35)31-29(26)36/h2-8,26H,9-21H2,1H3,(H,31,35,36). The van der Waals surface area contributed by atoms with Crippen LogP contribution in [-0.4, -0.2) is 112 Å². The molecule has 1 atom stereocenters. The number of imide groups is 1. The molecule has 3 heterocycles. The molecule has 0 aliphatic carbocycles. The highest BCUT2D eigenvalue weighted by molar-refractivity contribution is 7.99. The number of hydrogen-bond donors (Lipinski definition) is 1. The van der Waals surface area contributed by atoms with Gasteiger partial charge in [0.05, 0.1) is 38.2 Å². The molecule has 3 aliphatic heterocycles. The normalized spacial score (nSPS) is 19.8. The van der Waals surface area contributed by atoms with Gasteiger partial charge in [0.15, 0.2) is 0 Å². The lowest BCUT2D eigenvalue weighted by atomic mass is 10.0. The van der Waals surface area contributed by atoms with Crippen molar-refractivity contribution in [2.45, 2.75) is 42.1 Å². The summed E-state index contributed by atoms with van der Waals surface area (Å²) >= 11 is 1.63. The second kappa shape index (κ2) is 15.0. The molecular weight excluding hydrogens is 608 g/mol. The fraction of sp³-hybridized carbons (Fsp3) is 0.500. The summed E-state index contributed by atoms with van der Waals surface area (Å²) in [7, 11) is -3.79. The number of nitrogens with one attached hydrogen (secondary N) is 1. The van der Waals surface area contributed by atoms with Gasteiger partial charge in [0.2, 0.25) is 11.8 Å². The molecule has 0 aromatic heterocycles. The minimum atomic E-state index is -3.79. The number of hydrogen-bond acceptors (Lipinski definition) is 11. The number of amides is 3. The van der Waals surface area contributed by atoms with Gasteiger partial charge in [-0.05, 0) is 43.2 Å². The number of ether oxygens (including phenoxy) is 2. The summed E-state index contributed by atoms with van der Waals surface area (Å²) in [4.78, 5) is 44.0. The van der Waals surface area contributed by atoms with E-state index in [1.165, 1.54) is 12.1 Å². The molecule has 1 N–H and O–H groups in total. The Morgan fingerprint density at radius 2 is 1.59 bits per heavy atom. The molecule has 238 valence electrons. The molecule has 2 aromatic rings. The molecular formula is C30H38N4O8S2. The number of nitrogens with zero attached hydrogens (tertiary/aromatic N) is 3. The Kier molecular flexibility index (Phi) is 11.1. The van der Waals surface area contributed by atoms with E-state index in [2.05, 4.69) is 15.1 Å². The number of rotatable bonds is 14. The Morgan fingerprint density at radius 1 is 0.909 bits per heavy atom. The van der Waals surface area contributed by atoms with Crippen molar-refractivity contribution in [3.8, 4) is 0 Å². The molecule has 2 aromatic carbocycles. The lowest BCUT2D eigenvalue weighted by Gasteiger charge is -2.34. The van der Waals surface area contributed by atoms with Gasteiger partial charge in [0, 0.05) is 55.4 Å². The van der Waals surface area contributed by atoms with Gasteiger partial charge in [-0.1, -0.05) is 23.8 Å². The van der Waals surface area contributed by atoms with Crippen molar-refractivity contribution in [2.24, 2.45) is 0 Å². The third kappa shape index (κ3) is 8.24. The van der Waals surface area contributed by atoms with Gasteiger partial charge in [0.25, 0.3) is 16.0 Å². The second-order valence-electron chi connectivity index (χ2n) is 10.9. The Morgan fingerprint density at radius 3 is 2.27 bits per heavy atom. The minimum absolute atomic E-state index is 0.0395. The van der Waals surface area contributed by atoms with Crippen LogP contribution in [0.2, 0.25) is 0 Å². The van der Waals surface area contributed by atoms with Crippen LogP contribution in [0.15, 0.2) is 52.3 Å². The SMILES string of the molecule is Cc1ccc(S(=O)(=O)OCCOCN2CCN(COCCSc3cccc4c3CN(C3CCC(=O)NC3=O)C4=O)CC2)cc1. The number of aryl methyl sites for hydroxylation is 1. The minimum Gasteiger partial charge on any atom is -0.365 e. The number of piperidine rings is 1. The summed E-state index contributed by atoms with van der Waals surface area (Å²) in [6, 6.07) is 11.5. The van der Waals surface area contributed by atoms with Crippen LogP contribution >= 0.6 is 11.8 Å². The smallest absolute Gasteiger partial charge is 0.297 e. The van der Waals surface area contributed by atoms with E-state index in [-0.39, 0.29) is 36.3 Å². The van der Waals surface area contributed by atoms with Crippen LogP contribution < -0.4 is 5.32 Å². The van der Waals surface area contributed by atoms with Crippen molar-refractivity contribution in [3.63, 3.8) is 0 Å². The average Bonchev–Trinajstić information content (AvgIpc) is 3.34. The fourth-order valence-corrected chi connectivity index (χ4v) is 7.15. The predicted octanol–water partition coefficient (Wildman–Crippen LogP) is 1.82. The van der Waals surface area contributed by atoms with Crippen LogP contribution in [0.5, 0.6) is 0 Å². The van der Waals surface area contributed by atoms with E-state index in [9.17, 15) is 22.8 Å². The van der Waals surface area contributed by atoms with Crippen LogP contribution in [0.1, 0.15) is 34.3 Å². The molecule has 3 amide bonds. The zero-order valence-electron chi connectivity index (χ0n) is 24.7. The molecule has 0 bridgehead atoms. The molecule has 0 saturated carbocycles. The summed E-state index contributed by atoms with van der Waals surface area (Å²) in [5.74, 6) is -0.152. The maximum absolute atomic E-state index is 13.0. The lowest BCUT2D eigenvalue weighted by molar-refractivity contribution is -0.136. The monoisotopic (exact) mass is 646 g/mol. The third-order valence-corrected chi connectivity index (χ3v) is 10.2. The van der Waals surface area contributed by atoms with Crippen molar-refractivity contribution < 1.29 is 36.5 Å². The van der Waals surface area contributed by atoms with Gasteiger partial charge >= 0.3 is 0 Å². The van der Waals surface area contributed by atoms with Gasteiger partial charge < -0.3 is 14.4 Å². The first-order valence-electron chi connectivity index (χ1n) is 14.7. The fourth-order valence-electron chi connectivity index (χ4n) is 5.31. The summed E-state index contributed by atoms with van der Waals surface area (Å²) in [5.41, 5.74) is 2.51.